The second-order valence-electron chi connectivity index (χ2n) is 4.97. The van der Waals surface area contributed by atoms with Crippen LogP contribution in [-0.2, 0) is 7.05 Å². The zero-order chi connectivity index (χ0) is 18.7. The summed E-state index contributed by atoms with van der Waals surface area (Å²) in [7, 11) is 2.99. The van der Waals surface area contributed by atoms with E-state index in [2.05, 4.69) is 25.7 Å². The van der Waals surface area contributed by atoms with Gasteiger partial charge in [-0.05, 0) is 28.7 Å². The Labute approximate surface area is 150 Å². The number of hydrazone groups is 1. The number of aromatic hydroxyl groups is 1. The zero-order valence-corrected chi connectivity index (χ0v) is 14.5. The fourth-order valence-corrected chi connectivity index (χ4v) is 2.79. The van der Waals surface area contributed by atoms with Crippen molar-refractivity contribution in [3.05, 3.63) is 40.1 Å². The highest BCUT2D eigenvalue weighted by Gasteiger charge is 2.21. The zero-order valence-electron chi connectivity index (χ0n) is 13.7. The number of nitrogens with one attached hydrogen (secondary N) is 1. The topological polar surface area (TPSA) is 141 Å². The molecule has 0 atom stereocenters. The van der Waals surface area contributed by atoms with Gasteiger partial charge < -0.3 is 20.0 Å². The molecule has 0 saturated carbocycles. The second kappa shape index (κ2) is 7.14. The van der Waals surface area contributed by atoms with Gasteiger partial charge >= 0.3 is 5.82 Å². The lowest BCUT2D eigenvalue weighted by atomic mass is 10.2. The highest BCUT2D eigenvalue weighted by Crippen LogP contribution is 2.28. The lowest BCUT2D eigenvalue weighted by Gasteiger charge is -2.03. The van der Waals surface area contributed by atoms with E-state index >= 15 is 0 Å². The fourth-order valence-electron chi connectivity index (χ4n) is 2.06. The van der Waals surface area contributed by atoms with Crippen LogP contribution in [-0.4, -0.2) is 43.1 Å². The first-order chi connectivity index (χ1) is 12.5. The second-order valence-corrected chi connectivity index (χ2v) is 5.95. The van der Waals surface area contributed by atoms with Crippen molar-refractivity contribution < 1.29 is 14.8 Å². The summed E-state index contributed by atoms with van der Waals surface area (Å²) in [5.74, 6) is 0.581. The molecule has 0 amide bonds. The lowest BCUT2D eigenvalue weighted by molar-refractivity contribution is -0.391. The van der Waals surface area contributed by atoms with Crippen LogP contribution in [0.25, 0.3) is 10.8 Å². The Kier molecular flexibility index (Phi) is 4.75. The van der Waals surface area contributed by atoms with Gasteiger partial charge in [-0.25, -0.2) is 9.55 Å². The Balaban J connectivity index is 1.72. The first-order valence-corrected chi connectivity index (χ1v) is 7.97. The molecule has 0 aliphatic rings. The van der Waals surface area contributed by atoms with Crippen LogP contribution in [0.4, 0.5) is 10.9 Å². The average Bonchev–Trinajstić information content (AvgIpc) is 3.22. The third-order valence-corrected chi connectivity index (χ3v) is 4.17. The van der Waals surface area contributed by atoms with Gasteiger partial charge in [-0.15, -0.1) is 10.2 Å². The molecule has 3 aromatic rings. The summed E-state index contributed by atoms with van der Waals surface area (Å²) in [5, 5.41) is 33.2. The van der Waals surface area contributed by atoms with Gasteiger partial charge in [-0.1, -0.05) is 11.3 Å². The molecule has 3 rings (SSSR count). The van der Waals surface area contributed by atoms with E-state index < -0.39 is 4.92 Å². The van der Waals surface area contributed by atoms with Gasteiger partial charge in [0.15, 0.2) is 11.5 Å². The van der Waals surface area contributed by atoms with Crippen LogP contribution in [0.2, 0.25) is 0 Å². The van der Waals surface area contributed by atoms with Gasteiger partial charge in [0.25, 0.3) is 5.82 Å². The molecule has 0 spiro atoms. The van der Waals surface area contributed by atoms with Crippen LogP contribution in [0.3, 0.4) is 0 Å². The molecule has 0 aliphatic carbocycles. The van der Waals surface area contributed by atoms with Crippen molar-refractivity contribution >= 4 is 28.5 Å². The maximum absolute atomic E-state index is 10.9. The number of methoxy groups -OCH3 is 1. The van der Waals surface area contributed by atoms with E-state index in [-0.39, 0.29) is 11.6 Å². The Morgan fingerprint density at radius 3 is 2.96 bits per heavy atom. The molecule has 0 saturated heterocycles. The minimum absolute atomic E-state index is 0.0375. The molecule has 0 unspecified atom stereocenters. The summed E-state index contributed by atoms with van der Waals surface area (Å²) in [6, 6.07) is 4.79. The average molecular weight is 375 g/mol. The molecule has 2 heterocycles. The molecule has 0 bridgehead atoms. The Morgan fingerprint density at radius 1 is 1.46 bits per heavy atom. The summed E-state index contributed by atoms with van der Waals surface area (Å²) in [5.41, 5.74) is 3.43. The van der Waals surface area contributed by atoms with Gasteiger partial charge in [0.1, 0.15) is 6.20 Å². The third-order valence-electron chi connectivity index (χ3n) is 3.34. The monoisotopic (exact) mass is 375 g/mol. The van der Waals surface area contributed by atoms with E-state index in [1.165, 1.54) is 37.2 Å². The Morgan fingerprint density at radius 2 is 2.27 bits per heavy atom. The van der Waals surface area contributed by atoms with Gasteiger partial charge in [0.2, 0.25) is 10.1 Å². The number of anilines is 1. The van der Waals surface area contributed by atoms with Gasteiger partial charge in [0, 0.05) is 0 Å². The van der Waals surface area contributed by atoms with E-state index in [1.54, 1.807) is 12.1 Å². The summed E-state index contributed by atoms with van der Waals surface area (Å²) in [6.45, 7) is 0. The van der Waals surface area contributed by atoms with Crippen molar-refractivity contribution in [2.45, 2.75) is 0 Å². The highest BCUT2D eigenvalue weighted by molar-refractivity contribution is 7.18. The molecule has 134 valence electrons. The number of hydrogen-bond donors (Lipinski definition) is 2. The van der Waals surface area contributed by atoms with E-state index in [1.807, 2.05) is 0 Å². The molecule has 11 nitrogen and oxygen atoms in total. The van der Waals surface area contributed by atoms with Crippen LogP contribution < -0.4 is 10.2 Å². The molecule has 2 N–H and O–H groups in total. The molecule has 0 aliphatic heterocycles. The molecule has 26 heavy (non-hydrogen) atoms. The van der Waals surface area contributed by atoms with E-state index in [0.717, 1.165) is 11.3 Å². The predicted molar refractivity (Wildman–Crippen MR) is 94.6 cm³/mol. The van der Waals surface area contributed by atoms with Crippen LogP contribution in [0.1, 0.15) is 5.56 Å². The molecule has 0 fully saturated rings. The first kappa shape index (κ1) is 17.3. The molecular weight excluding hydrogens is 362 g/mol. The van der Waals surface area contributed by atoms with Crippen molar-refractivity contribution in [3.8, 4) is 22.3 Å². The van der Waals surface area contributed by atoms with E-state index in [9.17, 15) is 15.2 Å². The van der Waals surface area contributed by atoms with E-state index in [4.69, 9.17) is 4.74 Å². The Hall–Kier alpha value is -3.54. The number of benzene rings is 1. The van der Waals surface area contributed by atoms with Crippen molar-refractivity contribution in [2.24, 2.45) is 12.1 Å². The van der Waals surface area contributed by atoms with Gasteiger partial charge in [-0.3, -0.25) is 5.43 Å². The van der Waals surface area contributed by atoms with E-state index in [0.29, 0.717) is 27.3 Å². The lowest BCUT2D eigenvalue weighted by Crippen LogP contribution is -1.98. The number of hydrogen-bond acceptors (Lipinski definition) is 10. The van der Waals surface area contributed by atoms with Gasteiger partial charge in [-0.2, -0.15) is 5.10 Å². The Bertz CT molecular complexity index is 982. The highest BCUT2D eigenvalue weighted by atomic mass is 32.1. The number of imidazole rings is 1. The maximum Gasteiger partial charge on any atom is 0.342 e. The summed E-state index contributed by atoms with van der Waals surface area (Å²) >= 11 is 1.15. The number of nitro groups is 1. The summed E-state index contributed by atoms with van der Waals surface area (Å²) < 4.78 is 6.35. The fraction of sp³-hybridized carbons (Fsp3) is 0.143. The van der Waals surface area contributed by atoms with Crippen molar-refractivity contribution in [1.29, 1.82) is 0 Å². The summed E-state index contributed by atoms with van der Waals surface area (Å²) in [4.78, 5) is 14.4. The summed E-state index contributed by atoms with van der Waals surface area (Å²) in [6.07, 6.45) is 2.69. The minimum atomic E-state index is -0.521. The molecule has 1 aromatic carbocycles. The quantitative estimate of drug-likeness (QED) is 0.379. The van der Waals surface area contributed by atoms with Crippen molar-refractivity contribution in [2.75, 3.05) is 12.5 Å². The predicted octanol–water partition coefficient (Wildman–Crippen LogP) is 2.01. The SMILES string of the molecule is COc1cc(/C=N\Nc2nnc(-c3ncc([N+](=O)[O-])n3C)s2)ccc1O. The van der Waals surface area contributed by atoms with Crippen LogP contribution in [0, 0.1) is 10.1 Å². The third kappa shape index (κ3) is 3.44. The number of ether oxygens (including phenoxy) is 1. The number of aromatic nitrogens is 4. The van der Waals surface area contributed by atoms with Crippen LogP contribution >= 0.6 is 11.3 Å². The van der Waals surface area contributed by atoms with Crippen molar-refractivity contribution in [1.82, 2.24) is 19.7 Å². The maximum atomic E-state index is 10.9. The van der Waals surface area contributed by atoms with Gasteiger partial charge in [0.05, 0.1) is 20.4 Å². The van der Waals surface area contributed by atoms with Crippen LogP contribution in [0.15, 0.2) is 29.5 Å². The molecule has 0 radical (unpaired) electrons. The number of phenols is 1. The van der Waals surface area contributed by atoms with Crippen LogP contribution in [0.5, 0.6) is 11.5 Å². The number of nitrogens with zero attached hydrogens (tertiary/aromatic N) is 6. The first-order valence-electron chi connectivity index (χ1n) is 7.15. The molecular formula is C14H13N7O4S. The normalized spacial score (nSPS) is 11.0. The molecule has 2 aromatic heterocycles. The van der Waals surface area contributed by atoms with Crippen molar-refractivity contribution in [3.63, 3.8) is 0 Å². The minimum Gasteiger partial charge on any atom is -0.504 e. The molecule has 12 heteroatoms. The number of rotatable bonds is 6. The standard InChI is InChI=1S/C14H13N7O4S/c1-20-11(21(23)24)7-15-12(20)13-17-19-14(26-13)18-16-6-8-3-4-9(22)10(5-8)25-2/h3-7,22H,1-2H3,(H,18,19)/b16-6-. The largest absolute Gasteiger partial charge is 0.504 e. The smallest absolute Gasteiger partial charge is 0.342 e. The number of phenolic OH excluding ortho intramolecular Hbond substituents is 1.